The maximum atomic E-state index is 12.9. The van der Waals surface area contributed by atoms with Crippen LogP contribution in [0.3, 0.4) is 0 Å². The second-order valence-electron chi connectivity index (χ2n) is 5.07. The molecule has 5 nitrogen and oxygen atoms in total. The van der Waals surface area contributed by atoms with Gasteiger partial charge in [0.05, 0.1) is 12.1 Å². The number of nitrogens with zero attached hydrogens (tertiary/aromatic N) is 2. The van der Waals surface area contributed by atoms with Crippen molar-refractivity contribution < 1.29 is 19.1 Å². The van der Waals surface area contributed by atoms with Gasteiger partial charge in [0.2, 0.25) is 0 Å². The first-order valence-corrected chi connectivity index (χ1v) is 7.50. The van der Waals surface area contributed by atoms with E-state index in [-0.39, 0.29) is 22.2 Å². The molecule has 0 aliphatic carbocycles. The van der Waals surface area contributed by atoms with Crippen LogP contribution in [-0.2, 0) is 13.1 Å². The van der Waals surface area contributed by atoms with Crippen molar-refractivity contribution in [2.75, 3.05) is 0 Å². The molecule has 22 heavy (non-hydrogen) atoms. The number of aromatic nitrogens is 1. The number of carbonyl (C=O) groups excluding carboxylic acids is 1. The molecule has 0 saturated heterocycles. The van der Waals surface area contributed by atoms with E-state index in [9.17, 15) is 14.0 Å². The van der Waals surface area contributed by atoms with Crippen LogP contribution in [0.25, 0.3) is 0 Å². The summed E-state index contributed by atoms with van der Waals surface area (Å²) in [5, 5.41) is 9.03. The number of hydrogen-bond acceptors (Lipinski definition) is 2. The summed E-state index contributed by atoms with van der Waals surface area (Å²) in [7, 11) is 0. The maximum Gasteiger partial charge on any atom is 0.337 e. The zero-order chi connectivity index (χ0) is 15.9. The predicted molar refractivity (Wildman–Crippen MR) is 80.4 cm³/mol. The average Bonchev–Trinajstić information content (AvgIpc) is 2.90. The van der Waals surface area contributed by atoms with E-state index in [4.69, 9.17) is 5.11 Å². The molecule has 1 N–H and O–H groups in total. The molecule has 0 saturated carbocycles. The molecule has 1 unspecified atom stereocenters. The topological polar surface area (TPSA) is 62.5 Å². The number of hydrogen-bond donors (Lipinski definition) is 1. The lowest BCUT2D eigenvalue weighted by Crippen LogP contribution is -2.44. The third kappa shape index (κ3) is 2.64. The van der Waals surface area contributed by atoms with Gasteiger partial charge in [0.25, 0.3) is 5.91 Å². The molecule has 1 aliphatic heterocycles. The fourth-order valence-electron chi connectivity index (χ4n) is 2.45. The number of carbonyl (C=O) groups is 2. The van der Waals surface area contributed by atoms with Crippen LogP contribution in [0.5, 0.6) is 0 Å². The largest absolute Gasteiger partial charge is 0.478 e. The van der Waals surface area contributed by atoms with Crippen LogP contribution in [0.1, 0.15) is 26.4 Å². The van der Waals surface area contributed by atoms with E-state index >= 15 is 0 Å². The van der Waals surface area contributed by atoms with Crippen LogP contribution in [0.4, 0.5) is 4.39 Å². The van der Waals surface area contributed by atoms with Gasteiger partial charge in [0, 0.05) is 12.7 Å². The smallest absolute Gasteiger partial charge is 0.337 e. The molecule has 0 radical (unpaired) electrons. The molecule has 1 aromatic carbocycles. The molecule has 2 aromatic rings. The molecule has 114 valence electrons. The molecule has 1 aromatic heterocycles. The van der Waals surface area contributed by atoms with Crippen molar-refractivity contribution >= 4 is 27.8 Å². The molecule has 0 bridgehead atoms. The quantitative estimate of drug-likeness (QED) is 0.670. The highest BCUT2D eigenvalue weighted by molar-refractivity contribution is 9.09. The summed E-state index contributed by atoms with van der Waals surface area (Å²) in [6.07, 6.45) is 1.46. The summed E-state index contributed by atoms with van der Waals surface area (Å²) in [4.78, 5) is 24.9. The van der Waals surface area contributed by atoms with Crippen molar-refractivity contribution in [2.24, 2.45) is 0 Å². The van der Waals surface area contributed by atoms with E-state index in [0.717, 1.165) is 5.56 Å². The minimum atomic E-state index is -1.06. The van der Waals surface area contributed by atoms with Crippen LogP contribution in [0, 0.1) is 5.82 Å². The van der Waals surface area contributed by atoms with Gasteiger partial charge in [-0.25, -0.2) is 9.18 Å². The fourth-order valence-corrected chi connectivity index (χ4v) is 3.09. The molecular formula is C15H12BrFN2O3. The minimum absolute atomic E-state index is 0.0895. The lowest BCUT2D eigenvalue weighted by atomic mass is 10.2. The van der Waals surface area contributed by atoms with Crippen LogP contribution < -0.4 is 0 Å². The summed E-state index contributed by atoms with van der Waals surface area (Å²) >= 11 is 3.45. The number of fused-ring (bicyclic) bond motifs is 1. The second kappa shape index (κ2) is 5.57. The number of halogens is 2. The Balaban J connectivity index is 1.88. The van der Waals surface area contributed by atoms with Crippen LogP contribution in [0.2, 0.25) is 0 Å². The zero-order valence-electron chi connectivity index (χ0n) is 11.4. The Morgan fingerprint density at radius 3 is 2.68 bits per heavy atom. The third-order valence-corrected chi connectivity index (χ3v) is 4.36. The molecule has 1 aliphatic rings. The summed E-state index contributed by atoms with van der Waals surface area (Å²) in [6, 6.07) is 7.31. The van der Waals surface area contributed by atoms with E-state index in [1.807, 2.05) is 0 Å². The Labute approximate surface area is 134 Å². The zero-order valence-corrected chi connectivity index (χ0v) is 13.0. The molecular weight excluding hydrogens is 355 g/mol. The number of carboxylic acid groups (broad SMARTS) is 1. The van der Waals surface area contributed by atoms with Crippen molar-refractivity contribution in [1.82, 2.24) is 9.47 Å². The molecule has 0 fully saturated rings. The Morgan fingerprint density at radius 2 is 2.05 bits per heavy atom. The Hall–Kier alpha value is -2.15. The van der Waals surface area contributed by atoms with Crippen molar-refractivity contribution in [3.63, 3.8) is 0 Å². The highest BCUT2D eigenvalue weighted by Crippen LogP contribution is 2.25. The van der Waals surface area contributed by atoms with Gasteiger partial charge in [-0.15, -0.1) is 0 Å². The number of benzene rings is 1. The molecule has 1 atom stereocenters. The number of aromatic carboxylic acids is 1. The van der Waals surface area contributed by atoms with Gasteiger partial charge in [-0.2, -0.15) is 0 Å². The third-order valence-electron chi connectivity index (χ3n) is 3.58. The Morgan fingerprint density at radius 1 is 1.36 bits per heavy atom. The van der Waals surface area contributed by atoms with Crippen LogP contribution in [0.15, 0.2) is 36.5 Å². The monoisotopic (exact) mass is 366 g/mol. The van der Waals surface area contributed by atoms with Gasteiger partial charge in [-0.1, -0.05) is 28.1 Å². The van der Waals surface area contributed by atoms with Gasteiger partial charge in [-0.05, 0) is 23.8 Å². The van der Waals surface area contributed by atoms with E-state index in [1.54, 1.807) is 21.6 Å². The maximum absolute atomic E-state index is 12.9. The van der Waals surface area contributed by atoms with E-state index in [1.165, 1.54) is 24.4 Å². The molecule has 1 amide bonds. The number of carboxylic acids is 1. The van der Waals surface area contributed by atoms with Gasteiger partial charge in [-0.3, -0.25) is 4.79 Å². The molecule has 2 heterocycles. The summed E-state index contributed by atoms with van der Waals surface area (Å²) in [6.45, 7) is 0.776. The lowest BCUT2D eigenvalue weighted by Gasteiger charge is -2.33. The van der Waals surface area contributed by atoms with Crippen molar-refractivity contribution in [3.05, 3.63) is 59.2 Å². The highest BCUT2D eigenvalue weighted by atomic mass is 79.9. The van der Waals surface area contributed by atoms with E-state index < -0.39 is 5.97 Å². The SMILES string of the molecule is O=C(O)c1cc2n(c1)CC(Br)N(Cc1ccc(F)cc1)C2=O. The first kappa shape index (κ1) is 14.8. The first-order chi connectivity index (χ1) is 10.5. The molecule has 7 heteroatoms. The fraction of sp³-hybridized carbons (Fsp3) is 0.200. The number of rotatable bonds is 3. The standard InChI is InChI=1S/C15H12BrFN2O3/c16-13-8-18-7-10(15(21)22)5-12(18)14(20)19(13)6-9-1-3-11(17)4-2-9/h1-5,7,13H,6,8H2,(H,21,22). The van der Waals surface area contributed by atoms with Gasteiger partial charge in [0.1, 0.15) is 16.5 Å². The van der Waals surface area contributed by atoms with Crippen LogP contribution in [-0.4, -0.2) is 31.4 Å². The highest BCUT2D eigenvalue weighted by Gasteiger charge is 2.32. The average molecular weight is 367 g/mol. The lowest BCUT2D eigenvalue weighted by molar-refractivity contribution is 0.0666. The van der Waals surface area contributed by atoms with Gasteiger partial charge in [0.15, 0.2) is 0 Å². The number of alkyl halides is 1. The first-order valence-electron chi connectivity index (χ1n) is 6.58. The predicted octanol–water partition coefficient (Wildman–Crippen LogP) is 2.70. The minimum Gasteiger partial charge on any atom is -0.478 e. The molecule has 0 spiro atoms. The Bertz CT molecular complexity index is 742. The van der Waals surface area contributed by atoms with Crippen molar-refractivity contribution in [2.45, 2.75) is 18.0 Å². The van der Waals surface area contributed by atoms with E-state index in [2.05, 4.69) is 15.9 Å². The van der Waals surface area contributed by atoms with Gasteiger partial charge >= 0.3 is 5.97 Å². The number of amides is 1. The van der Waals surface area contributed by atoms with Crippen molar-refractivity contribution in [3.8, 4) is 0 Å². The van der Waals surface area contributed by atoms with E-state index in [0.29, 0.717) is 18.8 Å². The summed E-state index contributed by atoms with van der Waals surface area (Å²) in [5.74, 6) is -1.65. The summed E-state index contributed by atoms with van der Waals surface area (Å²) < 4.78 is 14.6. The molecule has 3 rings (SSSR count). The summed E-state index contributed by atoms with van der Waals surface area (Å²) in [5.41, 5.74) is 1.24. The normalized spacial score (nSPS) is 17.5. The van der Waals surface area contributed by atoms with Crippen molar-refractivity contribution in [1.29, 1.82) is 0 Å². The van der Waals surface area contributed by atoms with Gasteiger partial charge < -0.3 is 14.6 Å². The second-order valence-corrected chi connectivity index (χ2v) is 6.12. The Kier molecular flexibility index (Phi) is 3.74. The van der Waals surface area contributed by atoms with Crippen LogP contribution >= 0.6 is 15.9 Å².